The highest BCUT2D eigenvalue weighted by molar-refractivity contribution is 7.15. The largest absolute Gasteiger partial charge is 0.323 e. The first-order valence-corrected chi connectivity index (χ1v) is 9.56. The van der Waals surface area contributed by atoms with Gasteiger partial charge in [-0.1, -0.05) is 12.1 Å². The molecular formula is C21H18ClF2N3OS. The van der Waals surface area contributed by atoms with E-state index < -0.39 is 11.6 Å². The highest BCUT2D eigenvalue weighted by Gasteiger charge is 2.14. The van der Waals surface area contributed by atoms with E-state index in [1.165, 1.54) is 28.5 Å². The van der Waals surface area contributed by atoms with Crippen LogP contribution in [-0.2, 0) is 11.2 Å². The molecule has 0 bridgehead atoms. The van der Waals surface area contributed by atoms with E-state index in [2.05, 4.69) is 36.3 Å². The zero-order valence-electron chi connectivity index (χ0n) is 15.7. The normalized spacial score (nSPS) is 10.8. The smallest absolute Gasteiger partial charge is 0.230 e. The Bertz CT molecular complexity index is 1200. The number of hydrogen-bond donors (Lipinski definition) is 1. The second-order valence-electron chi connectivity index (χ2n) is 6.65. The van der Waals surface area contributed by atoms with Gasteiger partial charge in [-0.2, -0.15) is 0 Å². The Morgan fingerprint density at radius 3 is 2.66 bits per heavy atom. The van der Waals surface area contributed by atoms with E-state index in [9.17, 15) is 13.6 Å². The Hall–Kier alpha value is -2.77. The van der Waals surface area contributed by atoms with Gasteiger partial charge in [-0.25, -0.2) is 13.8 Å². The molecule has 0 aliphatic carbocycles. The molecule has 29 heavy (non-hydrogen) atoms. The highest BCUT2D eigenvalue weighted by atomic mass is 35.5. The van der Waals surface area contributed by atoms with E-state index in [-0.39, 0.29) is 30.4 Å². The van der Waals surface area contributed by atoms with Crippen LogP contribution in [0.5, 0.6) is 0 Å². The Morgan fingerprint density at radius 2 is 1.93 bits per heavy atom. The van der Waals surface area contributed by atoms with Crippen molar-refractivity contribution in [2.45, 2.75) is 20.3 Å². The minimum Gasteiger partial charge on any atom is -0.323 e. The molecule has 0 aliphatic rings. The van der Waals surface area contributed by atoms with Crippen LogP contribution in [0.4, 0.5) is 14.5 Å². The number of anilines is 1. The summed E-state index contributed by atoms with van der Waals surface area (Å²) in [6.07, 6.45) is 1.95. The fourth-order valence-electron chi connectivity index (χ4n) is 2.95. The van der Waals surface area contributed by atoms with Gasteiger partial charge in [0.2, 0.25) is 5.91 Å². The summed E-state index contributed by atoms with van der Waals surface area (Å²) in [6, 6.07) is 9.23. The Morgan fingerprint density at radius 1 is 1.14 bits per heavy atom. The molecule has 0 unspecified atom stereocenters. The predicted octanol–water partition coefficient (Wildman–Crippen LogP) is 5.56. The van der Waals surface area contributed by atoms with E-state index in [0.29, 0.717) is 0 Å². The standard InChI is InChI=1S/C21H17F2N3OS.ClH/c1-12-3-4-14(7-13(12)2)19-10-26-16(11-28-21(26)25-19)9-20(27)24-18-6-5-15(22)8-17(18)23;/h3-8,10-11H,9H2,1-2H3,(H,24,27);1H. The van der Waals surface area contributed by atoms with Gasteiger partial charge in [-0.05, 0) is 43.2 Å². The number of hydrogen-bond acceptors (Lipinski definition) is 3. The van der Waals surface area contributed by atoms with Gasteiger partial charge in [0.1, 0.15) is 11.6 Å². The summed E-state index contributed by atoms with van der Waals surface area (Å²) in [4.78, 5) is 17.7. The number of nitrogens with one attached hydrogen (secondary N) is 1. The van der Waals surface area contributed by atoms with Crippen molar-refractivity contribution in [1.82, 2.24) is 9.38 Å². The van der Waals surface area contributed by atoms with E-state index >= 15 is 0 Å². The maximum absolute atomic E-state index is 13.7. The molecule has 4 aromatic rings. The number of carbonyl (C=O) groups is 1. The number of aryl methyl sites for hydroxylation is 2. The molecule has 0 radical (unpaired) electrons. The molecule has 2 heterocycles. The number of aromatic nitrogens is 2. The number of halogens is 3. The fourth-order valence-corrected chi connectivity index (χ4v) is 3.82. The van der Waals surface area contributed by atoms with Crippen LogP contribution in [0.25, 0.3) is 16.2 Å². The first kappa shape index (κ1) is 21.0. The molecule has 1 amide bonds. The summed E-state index contributed by atoms with van der Waals surface area (Å²) in [5.41, 5.74) is 4.97. The van der Waals surface area contributed by atoms with Gasteiger partial charge in [0, 0.05) is 28.9 Å². The number of benzene rings is 2. The highest BCUT2D eigenvalue weighted by Crippen LogP contribution is 2.26. The molecule has 4 nitrogen and oxygen atoms in total. The summed E-state index contributed by atoms with van der Waals surface area (Å²) in [7, 11) is 0. The van der Waals surface area contributed by atoms with Crippen LogP contribution in [0, 0.1) is 25.5 Å². The van der Waals surface area contributed by atoms with Crippen molar-refractivity contribution in [3.63, 3.8) is 0 Å². The van der Waals surface area contributed by atoms with Gasteiger partial charge in [-0.3, -0.25) is 9.20 Å². The van der Waals surface area contributed by atoms with Crippen molar-refractivity contribution in [2.75, 3.05) is 5.32 Å². The van der Waals surface area contributed by atoms with E-state index in [0.717, 1.165) is 34.0 Å². The van der Waals surface area contributed by atoms with Crippen LogP contribution >= 0.6 is 23.7 Å². The van der Waals surface area contributed by atoms with Crippen LogP contribution < -0.4 is 5.32 Å². The minimum absolute atomic E-state index is 0. The van der Waals surface area contributed by atoms with Crippen LogP contribution in [-0.4, -0.2) is 15.3 Å². The van der Waals surface area contributed by atoms with Gasteiger partial charge in [-0.15, -0.1) is 23.7 Å². The molecule has 0 atom stereocenters. The lowest BCUT2D eigenvalue weighted by atomic mass is 10.0. The molecular weight excluding hydrogens is 416 g/mol. The van der Waals surface area contributed by atoms with Gasteiger partial charge in [0.15, 0.2) is 4.96 Å². The van der Waals surface area contributed by atoms with Gasteiger partial charge in [0.05, 0.1) is 17.8 Å². The molecule has 2 aromatic heterocycles. The van der Waals surface area contributed by atoms with Crippen molar-refractivity contribution in [3.8, 4) is 11.3 Å². The molecule has 0 aliphatic heterocycles. The second-order valence-corrected chi connectivity index (χ2v) is 7.49. The Labute approximate surface area is 176 Å². The van der Waals surface area contributed by atoms with Crippen LogP contribution in [0.1, 0.15) is 16.8 Å². The fraction of sp³-hybridized carbons (Fsp3) is 0.143. The molecule has 8 heteroatoms. The minimum atomic E-state index is -0.802. The van der Waals surface area contributed by atoms with Crippen molar-refractivity contribution >= 4 is 40.3 Å². The Kier molecular flexibility index (Phi) is 6.00. The number of amides is 1. The lowest BCUT2D eigenvalue weighted by Crippen LogP contribution is -2.16. The average Bonchev–Trinajstić information content (AvgIpc) is 3.22. The topological polar surface area (TPSA) is 46.4 Å². The predicted molar refractivity (Wildman–Crippen MR) is 114 cm³/mol. The molecule has 0 spiro atoms. The monoisotopic (exact) mass is 433 g/mol. The second kappa shape index (κ2) is 8.31. The van der Waals surface area contributed by atoms with Crippen molar-refractivity contribution in [3.05, 3.63) is 76.4 Å². The zero-order valence-corrected chi connectivity index (χ0v) is 17.3. The first-order chi connectivity index (χ1) is 13.4. The van der Waals surface area contributed by atoms with Crippen molar-refractivity contribution < 1.29 is 13.6 Å². The average molecular weight is 434 g/mol. The van der Waals surface area contributed by atoms with E-state index in [4.69, 9.17) is 0 Å². The molecule has 4 rings (SSSR count). The van der Waals surface area contributed by atoms with E-state index in [1.807, 2.05) is 22.0 Å². The Balaban J connectivity index is 0.00000240. The van der Waals surface area contributed by atoms with Gasteiger partial charge >= 0.3 is 0 Å². The summed E-state index contributed by atoms with van der Waals surface area (Å²) in [5, 5.41) is 4.34. The molecule has 1 N–H and O–H groups in total. The van der Waals surface area contributed by atoms with Gasteiger partial charge in [0.25, 0.3) is 0 Å². The third-order valence-electron chi connectivity index (χ3n) is 4.63. The number of thiazole rings is 1. The van der Waals surface area contributed by atoms with Crippen LogP contribution in [0.15, 0.2) is 48.0 Å². The molecule has 2 aromatic carbocycles. The summed E-state index contributed by atoms with van der Waals surface area (Å²) in [5.74, 6) is -1.87. The lowest BCUT2D eigenvalue weighted by molar-refractivity contribution is -0.115. The lowest BCUT2D eigenvalue weighted by Gasteiger charge is -2.06. The number of fused-ring (bicyclic) bond motifs is 1. The zero-order chi connectivity index (χ0) is 19.8. The summed E-state index contributed by atoms with van der Waals surface area (Å²) >= 11 is 1.44. The molecule has 0 saturated carbocycles. The molecule has 0 fully saturated rings. The maximum Gasteiger partial charge on any atom is 0.230 e. The van der Waals surface area contributed by atoms with Gasteiger partial charge < -0.3 is 5.32 Å². The summed E-state index contributed by atoms with van der Waals surface area (Å²) in [6.45, 7) is 4.12. The number of imidazole rings is 1. The third kappa shape index (κ3) is 4.31. The van der Waals surface area contributed by atoms with Crippen molar-refractivity contribution in [2.24, 2.45) is 0 Å². The third-order valence-corrected chi connectivity index (χ3v) is 5.52. The quantitative estimate of drug-likeness (QED) is 0.458. The SMILES string of the molecule is Cc1ccc(-c2cn3c(CC(=O)Nc4ccc(F)cc4F)csc3n2)cc1C.Cl. The van der Waals surface area contributed by atoms with Crippen molar-refractivity contribution in [1.29, 1.82) is 0 Å². The maximum atomic E-state index is 13.7. The molecule has 0 saturated heterocycles. The number of rotatable bonds is 4. The van der Waals surface area contributed by atoms with Crippen LogP contribution in [0.3, 0.4) is 0 Å². The first-order valence-electron chi connectivity index (χ1n) is 8.69. The molecule has 150 valence electrons. The van der Waals surface area contributed by atoms with Crippen LogP contribution in [0.2, 0.25) is 0 Å². The number of nitrogens with zero attached hydrogens (tertiary/aromatic N) is 2. The van der Waals surface area contributed by atoms with E-state index in [1.54, 1.807) is 0 Å². The number of carbonyl (C=O) groups excluding carboxylic acids is 1. The summed E-state index contributed by atoms with van der Waals surface area (Å²) < 4.78 is 28.6.